The summed E-state index contributed by atoms with van der Waals surface area (Å²) in [5.74, 6) is 0.844. The van der Waals surface area contributed by atoms with Crippen molar-refractivity contribution in [2.75, 3.05) is 20.0 Å². The van der Waals surface area contributed by atoms with Crippen LogP contribution in [0, 0.1) is 0 Å². The molecular formula is C23H42ClN. The van der Waals surface area contributed by atoms with E-state index >= 15 is 0 Å². The molecule has 2 heteroatoms. The second kappa shape index (κ2) is 18.3. The summed E-state index contributed by atoms with van der Waals surface area (Å²) >= 11 is 5.60. The molecule has 0 saturated heterocycles. The van der Waals surface area contributed by atoms with E-state index in [2.05, 4.69) is 57.1 Å². The van der Waals surface area contributed by atoms with E-state index in [0.717, 1.165) is 18.8 Å². The van der Waals surface area contributed by atoms with Crippen LogP contribution in [0.15, 0.2) is 24.3 Å². The maximum absolute atomic E-state index is 5.60. The van der Waals surface area contributed by atoms with Crippen LogP contribution in [-0.4, -0.2) is 24.9 Å². The van der Waals surface area contributed by atoms with E-state index in [1.165, 1.54) is 75.3 Å². The van der Waals surface area contributed by atoms with Crippen molar-refractivity contribution in [1.82, 2.24) is 4.90 Å². The van der Waals surface area contributed by atoms with Gasteiger partial charge in [-0.25, -0.2) is 0 Å². The molecule has 0 atom stereocenters. The number of hydrogen-bond donors (Lipinski definition) is 0. The number of aryl methyl sites for hydroxylation is 1. The summed E-state index contributed by atoms with van der Waals surface area (Å²) in [4.78, 5) is 2.20. The minimum atomic E-state index is 0.844. The molecule has 0 radical (unpaired) electrons. The molecule has 0 N–H and O–H groups in total. The summed E-state index contributed by atoms with van der Waals surface area (Å²) in [6.45, 7) is 5.52. The van der Waals surface area contributed by atoms with Crippen molar-refractivity contribution in [2.24, 2.45) is 0 Å². The Morgan fingerprint density at radius 1 is 0.720 bits per heavy atom. The van der Waals surface area contributed by atoms with Crippen LogP contribution in [-0.2, 0) is 13.0 Å². The lowest BCUT2D eigenvalue weighted by Crippen LogP contribution is -2.11. The van der Waals surface area contributed by atoms with Gasteiger partial charge in [0.25, 0.3) is 0 Å². The highest BCUT2D eigenvalue weighted by Crippen LogP contribution is 2.11. The van der Waals surface area contributed by atoms with Crippen molar-refractivity contribution in [3.8, 4) is 0 Å². The van der Waals surface area contributed by atoms with Gasteiger partial charge in [0.2, 0.25) is 0 Å². The number of unbranched alkanes of at least 4 members (excludes halogenated alkanes) is 9. The normalized spacial score (nSPS) is 10.6. The fourth-order valence-electron chi connectivity index (χ4n) is 2.98. The first-order chi connectivity index (χ1) is 12.2. The Kier molecular flexibility index (Phi) is 17.9. The van der Waals surface area contributed by atoms with Crippen LogP contribution in [0.25, 0.3) is 0 Å². The molecule has 0 aliphatic carbocycles. The van der Waals surface area contributed by atoms with Gasteiger partial charge in [0.1, 0.15) is 0 Å². The largest absolute Gasteiger partial charge is 0.305 e. The Labute approximate surface area is 163 Å². The van der Waals surface area contributed by atoms with E-state index in [0.29, 0.717) is 0 Å². The first-order valence-electron chi connectivity index (χ1n) is 10.4. The fraction of sp³-hybridized carbons (Fsp3) is 0.739. The van der Waals surface area contributed by atoms with E-state index in [-0.39, 0.29) is 0 Å². The quantitative estimate of drug-likeness (QED) is 0.258. The van der Waals surface area contributed by atoms with Crippen molar-refractivity contribution in [1.29, 1.82) is 0 Å². The third-order valence-corrected chi connectivity index (χ3v) is 4.74. The van der Waals surface area contributed by atoms with Crippen LogP contribution in [0.4, 0.5) is 0 Å². The highest BCUT2D eigenvalue weighted by molar-refractivity contribution is 6.17. The molecule has 1 rings (SSSR count). The highest BCUT2D eigenvalue weighted by Gasteiger charge is 1.99. The number of hydrogen-bond acceptors (Lipinski definition) is 1. The molecule has 0 aliphatic heterocycles. The van der Waals surface area contributed by atoms with Crippen LogP contribution in [0.1, 0.15) is 89.2 Å². The average Bonchev–Trinajstić information content (AvgIpc) is 2.61. The summed E-state index contributed by atoms with van der Waals surface area (Å²) in [7, 11) is 4.21. The van der Waals surface area contributed by atoms with Gasteiger partial charge in [0.05, 0.1) is 0 Å². The smallest absolute Gasteiger partial charge is 0.0230 e. The molecule has 1 aromatic carbocycles. The second-order valence-electron chi connectivity index (χ2n) is 7.23. The van der Waals surface area contributed by atoms with E-state index in [4.69, 9.17) is 11.6 Å². The number of benzene rings is 1. The standard InChI is InChI=1S/C12H25Cl.C11H17N/c1-2-3-4-5-6-7-8-9-10-11-12-13;1-4-10-7-5-6-8-11(10)9-12(2)3/h2-12H2,1H3;5-8H,4,9H2,1-3H3. The summed E-state index contributed by atoms with van der Waals surface area (Å²) < 4.78 is 0. The SMILES string of the molecule is CCCCCCCCCCCCCl.CCc1ccccc1CN(C)C. The summed E-state index contributed by atoms with van der Waals surface area (Å²) in [6, 6.07) is 8.63. The molecule has 0 fully saturated rings. The van der Waals surface area contributed by atoms with Gasteiger partial charge in [-0.05, 0) is 38.1 Å². The van der Waals surface area contributed by atoms with Crippen molar-refractivity contribution < 1.29 is 0 Å². The molecule has 0 aliphatic rings. The Balaban J connectivity index is 0.000000462. The number of nitrogens with zero attached hydrogens (tertiary/aromatic N) is 1. The van der Waals surface area contributed by atoms with Gasteiger partial charge >= 0.3 is 0 Å². The zero-order chi connectivity index (χ0) is 18.8. The van der Waals surface area contributed by atoms with Crippen molar-refractivity contribution in [2.45, 2.75) is 91.0 Å². The molecule has 0 amide bonds. The van der Waals surface area contributed by atoms with E-state index < -0.39 is 0 Å². The van der Waals surface area contributed by atoms with Crippen LogP contribution < -0.4 is 0 Å². The Morgan fingerprint density at radius 3 is 1.64 bits per heavy atom. The second-order valence-corrected chi connectivity index (χ2v) is 7.61. The lowest BCUT2D eigenvalue weighted by Gasteiger charge is -2.12. The molecular weight excluding hydrogens is 326 g/mol. The van der Waals surface area contributed by atoms with Gasteiger partial charge < -0.3 is 4.90 Å². The Hall–Kier alpha value is -0.530. The molecule has 0 unspecified atom stereocenters. The molecule has 0 heterocycles. The Morgan fingerprint density at radius 2 is 1.20 bits per heavy atom. The number of rotatable bonds is 13. The summed E-state index contributed by atoms with van der Waals surface area (Å²) in [5, 5.41) is 0. The predicted octanol–water partition coefficient (Wildman–Crippen LogP) is 7.46. The maximum atomic E-state index is 5.60. The molecule has 146 valence electrons. The minimum absolute atomic E-state index is 0.844. The monoisotopic (exact) mass is 367 g/mol. The average molecular weight is 368 g/mol. The lowest BCUT2D eigenvalue weighted by molar-refractivity contribution is 0.401. The molecule has 1 aromatic rings. The maximum Gasteiger partial charge on any atom is 0.0230 e. The highest BCUT2D eigenvalue weighted by atomic mass is 35.5. The molecule has 0 saturated carbocycles. The van der Waals surface area contributed by atoms with Crippen molar-refractivity contribution >= 4 is 11.6 Å². The van der Waals surface area contributed by atoms with Crippen LogP contribution in [0.2, 0.25) is 0 Å². The molecule has 1 nitrogen and oxygen atoms in total. The van der Waals surface area contributed by atoms with Crippen molar-refractivity contribution in [3.05, 3.63) is 35.4 Å². The van der Waals surface area contributed by atoms with Gasteiger partial charge in [-0.1, -0.05) is 95.9 Å². The van der Waals surface area contributed by atoms with Gasteiger partial charge in [0, 0.05) is 12.4 Å². The van der Waals surface area contributed by atoms with Crippen molar-refractivity contribution in [3.63, 3.8) is 0 Å². The van der Waals surface area contributed by atoms with Gasteiger partial charge in [-0.2, -0.15) is 0 Å². The lowest BCUT2D eigenvalue weighted by atomic mass is 10.1. The third-order valence-electron chi connectivity index (χ3n) is 4.47. The van der Waals surface area contributed by atoms with Gasteiger partial charge in [-0.3, -0.25) is 0 Å². The van der Waals surface area contributed by atoms with Gasteiger partial charge in [0.15, 0.2) is 0 Å². The molecule has 0 bridgehead atoms. The molecule has 0 spiro atoms. The zero-order valence-corrected chi connectivity index (χ0v) is 18.1. The van der Waals surface area contributed by atoms with E-state index in [9.17, 15) is 0 Å². The van der Waals surface area contributed by atoms with Crippen LogP contribution in [0.5, 0.6) is 0 Å². The van der Waals surface area contributed by atoms with Crippen LogP contribution in [0.3, 0.4) is 0 Å². The summed E-state index contributed by atoms with van der Waals surface area (Å²) in [5.41, 5.74) is 2.91. The third kappa shape index (κ3) is 15.4. The minimum Gasteiger partial charge on any atom is -0.305 e. The van der Waals surface area contributed by atoms with Gasteiger partial charge in [-0.15, -0.1) is 11.6 Å². The zero-order valence-electron chi connectivity index (χ0n) is 17.3. The number of halogens is 1. The Bertz CT molecular complexity index is 379. The van der Waals surface area contributed by atoms with Crippen LogP contribution >= 0.6 is 11.6 Å². The predicted molar refractivity (Wildman–Crippen MR) is 116 cm³/mol. The molecule has 0 aromatic heterocycles. The van der Waals surface area contributed by atoms with E-state index in [1.807, 2.05) is 0 Å². The van der Waals surface area contributed by atoms with E-state index in [1.54, 1.807) is 0 Å². The molecule has 25 heavy (non-hydrogen) atoms. The first-order valence-corrected chi connectivity index (χ1v) is 11.0. The summed E-state index contributed by atoms with van der Waals surface area (Å²) in [6.07, 6.45) is 15.0. The fourth-order valence-corrected chi connectivity index (χ4v) is 3.17. The number of alkyl halides is 1. The first kappa shape index (κ1) is 24.5. The topological polar surface area (TPSA) is 3.24 Å².